The van der Waals surface area contributed by atoms with E-state index in [-0.39, 0.29) is 12.5 Å². The maximum Gasteiger partial charge on any atom is 0.408 e. The van der Waals surface area contributed by atoms with Gasteiger partial charge >= 0.3 is 12.1 Å². The molecule has 0 spiro atoms. The predicted molar refractivity (Wildman–Crippen MR) is 95.8 cm³/mol. The van der Waals surface area contributed by atoms with Crippen LogP contribution >= 0.6 is 0 Å². The number of hydrogen-bond acceptors (Lipinski definition) is 5. The van der Waals surface area contributed by atoms with Gasteiger partial charge in [0.25, 0.3) is 0 Å². The number of hydrogen-bond donors (Lipinski definition) is 1. The number of carbonyl (C=O) groups is 2. The van der Waals surface area contributed by atoms with Gasteiger partial charge in [0, 0.05) is 6.42 Å². The van der Waals surface area contributed by atoms with Crippen LogP contribution in [0.2, 0.25) is 0 Å². The topological polar surface area (TPSA) is 73.9 Å². The second kappa shape index (κ2) is 8.74. The molecule has 6 nitrogen and oxygen atoms in total. The number of methoxy groups -OCH3 is 1. The van der Waals surface area contributed by atoms with Gasteiger partial charge in [-0.05, 0) is 58.7 Å². The summed E-state index contributed by atoms with van der Waals surface area (Å²) in [5, 5.41) is 2.60. The van der Waals surface area contributed by atoms with Gasteiger partial charge in [-0.1, -0.05) is 12.1 Å². The summed E-state index contributed by atoms with van der Waals surface area (Å²) in [5.74, 6) is 0.228. The van der Waals surface area contributed by atoms with E-state index in [0.717, 1.165) is 16.9 Å². The number of esters is 1. The van der Waals surface area contributed by atoms with Crippen molar-refractivity contribution in [3.63, 3.8) is 0 Å². The number of benzene rings is 1. The molecule has 0 heterocycles. The minimum atomic E-state index is -0.843. The summed E-state index contributed by atoms with van der Waals surface area (Å²) in [6.07, 6.45) is -0.651. The molecule has 6 heteroatoms. The van der Waals surface area contributed by atoms with Gasteiger partial charge in [-0.25, -0.2) is 9.59 Å². The van der Waals surface area contributed by atoms with Gasteiger partial charge in [0.05, 0.1) is 13.2 Å². The number of rotatable bonds is 6. The van der Waals surface area contributed by atoms with Crippen LogP contribution < -0.4 is 10.1 Å². The van der Waals surface area contributed by atoms with Gasteiger partial charge in [-0.3, -0.25) is 0 Å². The van der Waals surface area contributed by atoms with Crippen molar-refractivity contribution in [2.75, 3.05) is 7.11 Å². The molecule has 0 unspecified atom stereocenters. The van der Waals surface area contributed by atoms with E-state index in [1.165, 1.54) is 0 Å². The van der Waals surface area contributed by atoms with E-state index in [0.29, 0.717) is 0 Å². The van der Waals surface area contributed by atoms with Gasteiger partial charge in [0.15, 0.2) is 0 Å². The highest BCUT2D eigenvalue weighted by molar-refractivity contribution is 5.82. The molecule has 1 aromatic carbocycles. The van der Waals surface area contributed by atoms with Crippen LogP contribution in [0.3, 0.4) is 0 Å². The van der Waals surface area contributed by atoms with Crippen LogP contribution in [0, 0.1) is 6.92 Å². The minimum Gasteiger partial charge on any atom is -0.496 e. The van der Waals surface area contributed by atoms with E-state index < -0.39 is 23.7 Å². The zero-order chi connectivity index (χ0) is 19.2. The molecule has 0 radical (unpaired) electrons. The zero-order valence-corrected chi connectivity index (χ0v) is 16.1. The van der Waals surface area contributed by atoms with E-state index in [4.69, 9.17) is 14.2 Å². The molecule has 0 bridgehead atoms. The zero-order valence-electron chi connectivity index (χ0n) is 16.1. The molecule has 1 N–H and O–H groups in total. The van der Waals surface area contributed by atoms with Crippen molar-refractivity contribution < 1.29 is 23.8 Å². The van der Waals surface area contributed by atoms with Gasteiger partial charge < -0.3 is 19.5 Å². The van der Waals surface area contributed by atoms with E-state index >= 15 is 0 Å². The van der Waals surface area contributed by atoms with Gasteiger partial charge in [-0.2, -0.15) is 0 Å². The van der Waals surface area contributed by atoms with Crippen molar-refractivity contribution in [2.24, 2.45) is 0 Å². The van der Waals surface area contributed by atoms with Crippen LogP contribution in [0.1, 0.15) is 45.7 Å². The Kier molecular flexibility index (Phi) is 7.27. The van der Waals surface area contributed by atoms with Crippen LogP contribution in [0.25, 0.3) is 0 Å². The molecule has 1 atom stereocenters. The number of amides is 1. The average molecular weight is 351 g/mol. The Bertz CT molecular complexity index is 604. The van der Waals surface area contributed by atoms with Gasteiger partial charge in [0.2, 0.25) is 0 Å². The highest BCUT2D eigenvalue weighted by atomic mass is 16.6. The number of ether oxygens (including phenoxy) is 3. The minimum absolute atomic E-state index is 0.275. The van der Waals surface area contributed by atoms with Crippen molar-refractivity contribution in [3.8, 4) is 5.75 Å². The molecule has 0 saturated carbocycles. The number of alkyl carbamates (subject to hydrolysis) is 1. The first kappa shape index (κ1) is 20.8. The van der Waals surface area contributed by atoms with Crippen LogP contribution in [0.4, 0.5) is 4.79 Å². The Morgan fingerprint density at radius 2 is 1.84 bits per heavy atom. The normalized spacial score (nSPS) is 12.5. The average Bonchev–Trinajstić information content (AvgIpc) is 2.45. The second-order valence-corrected chi connectivity index (χ2v) is 7.19. The fourth-order valence-electron chi connectivity index (χ4n) is 2.18. The molecule has 1 amide bonds. The number of nitrogens with one attached hydrogen (secondary N) is 1. The fourth-order valence-corrected chi connectivity index (χ4v) is 2.18. The monoisotopic (exact) mass is 351 g/mol. The molecule has 0 fully saturated rings. The molecular weight excluding hydrogens is 322 g/mol. The lowest BCUT2D eigenvalue weighted by Crippen LogP contribution is -2.46. The second-order valence-electron chi connectivity index (χ2n) is 7.19. The lowest BCUT2D eigenvalue weighted by Gasteiger charge is -2.23. The molecule has 0 saturated heterocycles. The summed E-state index contributed by atoms with van der Waals surface area (Å²) < 4.78 is 15.8. The number of carbonyl (C=O) groups excluding carboxylic acids is 2. The van der Waals surface area contributed by atoms with Crippen LogP contribution in [0.15, 0.2) is 18.2 Å². The smallest absolute Gasteiger partial charge is 0.408 e. The van der Waals surface area contributed by atoms with E-state index in [9.17, 15) is 9.59 Å². The van der Waals surface area contributed by atoms with Gasteiger partial charge in [-0.15, -0.1) is 0 Å². The lowest BCUT2D eigenvalue weighted by atomic mass is 10.0. The number of aryl methyl sites for hydroxylation is 1. The maximum atomic E-state index is 12.4. The Labute approximate surface area is 149 Å². The van der Waals surface area contributed by atoms with E-state index in [1.807, 2.05) is 25.1 Å². The molecule has 0 aliphatic heterocycles. The van der Waals surface area contributed by atoms with Crippen LogP contribution in [-0.4, -0.2) is 36.9 Å². The molecular formula is C19H29NO5. The standard InChI is InChI=1S/C19H29NO5/c1-12(2)24-17(21)15(20-18(22)25-19(4,5)6)10-14-9-8-13(3)16(11-14)23-7/h8-9,11-12,15H,10H2,1-7H3,(H,20,22)/t15-/m1/s1. The Morgan fingerprint density at radius 1 is 1.20 bits per heavy atom. The quantitative estimate of drug-likeness (QED) is 0.795. The van der Waals surface area contributed by atoms with E-state index in [1.54, 1.807) is 41.7 Å². The Morgan fingerprint density at radius 3 is 2.36 bits per heavy atom. The Balaban J connectivity index is 2.94. The maximum absolute atomic E-state index is 12.4. The predicted octanol–water partition coefficient (Wildman–Crippen LogP) is 3.39. The summed E-state index contributed by atoms with van der Waals surface area (Å²) in [7, 11) is 1.59. The summed E-state index contributed by atoms with van der Waals surface area (Å²) >= 11 is 0. The lowest BCUT2D eigenvalue weighted by molar-refractivity contribution is -0.149. The fraction of sp³-hybridized carbons (Fsp3) is 0.579. The highest BCUT2D eigenvalue weighted by Crippen LogP contribution is 2.20. The van der Waals surface area contributed by atoms with Crippen molar-refractivity contribution in [1.82, 2.24) is 5.32 Å². The summed E-state index contributed by atoms with van der Waals surface area (Å²) in [4.78, 5) is 24.4. The third kappa shape index (κ3) is 7.45. The highest BCUT2D eigenvalue weighted by Gasteiger charge is 2.26. The first-order valence-electron chi connectivity index (χ1n) is 8.35. The molecule has 0 aliphatic rings. The third-order valence-electron chi connectivity index (χ3n) is 3.24. The third-order valence-corrected chi connectivity index (χ3v) is 3.24. The SMILES string of the molecule is COc1cc(C[C@@H](NC(=O)OC(C)(C)C)C(=O)OC(C)C)ccc1C. The molecule has 25 heavy (non-hydrogen) atoms. The molecule has 1 aromatic rings. The summed E-state index contributed by atoms with van der Waals surface area (Å²) in [5.41, 5.74) is 1.20. The summed E-state index contributed by atoms with van der Waals surface area (Å²) in [6.45, 7) is 10.7. The van der Waals surface area contributed by atoms with Crippen molar-refractivity contribution in [3.05, 3.63) is 29.3 Å². The molecule has 140 valence electrons. The van der Waals surface area contributed by atoms with Gasteiger partial charge in [0.1, 0.15) is 17.4 Å². The first-order chi connectivity index (χ1) is 11.5. The summed E-state index contributed by atoms with van der Waals surface area (Å²) in [6, 6.07) is 4.81. The Hall–Kier alpha value is -2.24. The van der Waals surface area contributed by atoms with Crippen LogP contribution in [-0.2, 0) is 20.7 Å². The molecule has 1 rings (SSSR count). The first-order valence-corrected chi connectivity index (χ1v) is 8.35. The van der Waals surface area contributed by atoms with E-state index in [2.05, 4.69) is 5.32 Å². The largest absolute Gasteiger partial charge is 0.496 e. The van der Waals surface area contributed by atoms with Crippen molar-refractivity contribution >= 4 is 12.1 Å². The van der Waals surface area contributed by atoms with Crippen LogP contribution in [0.5, 0.6) is 5.75 Å². The molecule has 0 aromatic heterocycles. The molecule has 0 aliphatic carbocycles. The van der Waals surface area contributed by atoms with Crippen molar-refractivity contribution in [1.29, 1.82) is 0 Å². The van der Waals surface area contributed by atoms with Crippen molar-refractivity contribution in [2.45, 2.75) is 65.7 Å².